The number of phenolic OH excluding ortho intramolecular Hbond substituents is 1. The van der Waals surface area contributed by atoms with Gasteiger partial charge in [0.1, 0.15) is 11.4 Å². The van der Waals surface area contributed by atoms with Gasteiger partial charge in [0.2, 0.25) is 0 Å². The van der Waals surface area contributed by atoms with Crippen LogP contribution in [0.15, 0.2) is 29.3 Å². The predicted molar refractivity (Wildman–Crippen MR) is 143 cm³/mol. The summed E-state index contributed by atoms with van der Waals surface area (Å²) in [7, 11) is 0. The van der Waals surface area contributed by atoms with Crippen molar-refractivity contribution in [2.24, 2.45) is 4.99 Å². The molecule has 0 unspecified atom stereocenters. The minimum Gasteiger partial charge on any atom is -0.508 e. The third kappa shape index (κ3) is 12.3. The number of nitrogens with zero attached hydrogens (tertiary/aromatic N) is 2. The molecule has 0 atom stereocenters. The van der Waals surface area contributed by atoms with E-state index in [1.165, 1.54) is 0 Å². The number of piperidine rings is 1. The number of nitrogens with one attached hydrogen (secondary N) is 2. The number of likely N-dealkylation sites (tertiary alicyclic amines) is 1. The number of phenols is 1. The summed E-state index contributed by atoms with van der Waals surface area (Å²) < 4.78 is 11.2. The standard InChI is InChI=1S/C24H40N4O4.HI/c1-5-25-22(26-14-10-19-8-6-9-20(29)18-19)28-15-11-21(12-16-28)31-17-7-13-27-23(30)32-24(2,3)4;/h6,8-9,18,21,29H,5,7,10-17H2,1-4H3,(H,25,26)(H,27,30);1H. The van der Waals surface area contributed by atoms with Crippen LogP contribution in [0.3, 0.4) is 0 Å². The minimum absolute atomic E-state index is 0. The van der Waals surface area contributed by atoms with Gasteiger partial charge in [0.15, 0.2) is 5.96 Å². The Bertz CT molecular complexity index is 731. The lowest BCUT2D eigenvalue weighted by Crippen LogP contribution is -2.47. The zero-order valence-electron chi connectivity index (χ0n) is 20.4. The zero-order chi connectivity index (χ0) is 23.4. The van der Waals surface area contributed by atoms with Crippen molar-refractivity contribution >= 4 is 36.0 Å². The van der Waals surface area contributed by atoms with Crippen LogP contribution in [0.5, 0.6) is 5.75 Å². The number of hydrogen-bond acceptors (Lipinski definition) is 5. The van der Waals surface area contributed by atoms with Gasteiger partial charge >= 0.3 is 6.09 Å². The Labute approximate surface area is 215 Å². The Morgan fingerprint density at radius 2 is 1.97 bits per heavy atom. The van der Waals surface area contributed by atoms with E-state index in [2.05, 4.69) is 22.5 Å². The Hall–Kier alpha value is -1.75. The van der Waals surface area contributed by atoms with E-state index < -0.39 is 5.60 Å². The van der Waals surface area contributed by atoms with Crippen molar-refractivity contribution in [2.75, 3.05) is 39.3 Å². The molecule has 1 aromatic carbocycles. The molecule has 1 saturated heterocycles. The molecule has 33 heavy (non-hydrogen) atoms. The van der Waals surface area contributed by atoms with Crippen molar-refractivity contribution in [1.29, 1.82) is 0 Å². The molecule has 0 bridgehead atoms. The Morgan fingerprint density at radius 3 is 2.61 bits per heavy atom. The van der Waals surface area contributed by atoms with E-state index in [1.54, 1.807) is 12.1 Å². The SMILES string of the molecule is CCNC(=NCCc1cccc(O)c1)N1CCC(OCCCNC(=O)OC(C)(C)C)CC1.I. The summed E-state index contributed by atoms with van der Waals surface area (Å²) in [5, 5.41) is 15.7. The second-order valence-corrected chi connectivity index (χ2v) is 8.99. The fourth-order valence-corrected chi connectivity index (χ4v) is 3.49. The van der Waals surface area contributed by atoms with Crippen LogP contribution in [0.25, 0.3) is 0 Å². The van der Waals surface area contributed by atoms with Gasteiger partial charge in [-0.1, -0.05) is 12.1 Å². The van der Waals surface area contributed by atoms with Gasteiger partial charge in [0.05, 0.1) is 6.10 Å². The predicted octanol–water partition coefficient (Wildman–Crippen LogP) is 3.91. The molecule has 2 rings (SSSR count). The molecule has 3 N–H and O–H groups in total. The van der Waals surface area contributed by atoms with Gasteiger partial charge in [-0.2, -0.15) is 0 Å². The monoisotopic (exact) mass is 576 g/mol. The van der Waals surface area contributed by atoms with Crippen LogP contribution in [-0.2, 0) is 15.9 Å². The number of carbonyl (C=O) groups excluding carboxylic acids is 1. The first-order chi connectivity index (χ1) is 15.3. The lowest BCUT2D eigenvalue weighted by atomic mass is 10.1. The number of guanidine groups is 1. The fraction of sp³-hybridized carbons (Fsp3) is 0.667. The van der Waals surface area contributed by atoms with Gasteiger partial charge in [-0.3, -0.25) is 4.99 Å². The number of ether oxygens (including phenoxy) is 2. The third-order valence-corrected chi connectivity index (χ3v) is 4.99. The quantitative estimate of drug-likeness (QED) is 0.179. The minimum atomic E-state index is -0.478. The largest absolute Gasteiger partial charge is 0.508 e. The van der Waals surface area contributed by atoms with Crippen LogP contribution in [0.1, 0.15) is 52.5 Å². The van der Waals surface area contributed by atoms with Crippen molar-refractivity contribution in [3.8, 4) is 5.75 Å². The first kappa shape index (κ1) is 29.3. The van der Waals surface area contributed by atoms with Crippen LogP contribution in [-0.4, -0.2) is 73.1 Å². The van der Waals surface area contributed by atoms with Crippen molar-refractivity contribution < 1.29 is 19.4 Å². The fourth-order valence-electron chi connectivity index (χ4n) is 3.49. The number of rotatable bonds is 9. The summed E-state index contributed by atoms with van der Waals surface area (Å²) in [4.78, 5) is 18.7. The number of aromatic hydroxyl groups is 1. The second-order valence-electron chi connectivity index (χ2n) is 8.99. The lowest BCUT2D eigenvalue weighted by Gasteiger charge is -2.34. The molecule has 1 aliphatic heterocycles. The average Bonchev–Trinajstić information content (AvgIpc) is 2.72. The summed E-state index contributed by atoms with van der Waals surface area (Å²) in [5.74, 6) is 1.23. The second kappa shape index (κ2) is 15.2. The first-order valence-electron chi connectivity index (χ1n) is 11.7. The molecule has 0 saturated carbocycles. The van der Waals surface area contributed by atoms with E-state index in [-0.39, 0.29) is 36.2 Å². The maximum Gasteiger partial charge on any atom is 0.407 e. The molecular weight excluding hydrogens is 535 g/mol. The molecule has 1 aliphatic rings. The Balaban J connectivity index is 0.00000544. The highest BCUT2D eigenvalue weighted by Crippen LogP contribution is 2.15. The lowest BCUT2D eigenvalue weighted by molar-refractivity contribution is 0.0170. The maximum atomic E-state index is 11.6. The van der Waals surface area contributed by atoms with Gasteiger partial charge in [-0.05, 0) is 71.1 Å². The van der Waals surface area contributed by atoms with E-state index in [1.807, 2.05) is 32.9 Å². The van der Waals surface area contributed by atoms with Crippen LogP contribution in [0.4, 0.5) is 4.79 Å². The number of hydrogen-bond donors (Lipinski definition) is 3. The molecule has 9 heteroatoms. The number of benzene rings is 1. The number of carbonyl (C=O) groups is 1. The van der Waals surface area contributed by atoms with Gasteiger partial charge < -0.3 is 30.1 Å². The van der Waals surface area contributed by atoms with Gasteiger partial charge in [0, 0.05) is 39.3 Å². The van der Waals surface area contributed by atoms with E-state index >= 15 is 0 Å². The maximum absolute atomic E-state index is 11.6. The topological polar surface area (TPSA) is 95.4 Å². The van der Waals surface area contributed by atoms with E-state index in [0.717, 1.165) is 56.8 Å². The van der Waals surface area contributed by atoms with Crippen molar-refractivity contribution in [3.05, 3.63) is 29.8 Å². The molecule has 0 spiro atoms. The number of halogens is 1. The highest BCUT2D eigenvalue weighted by atomic mass is 127. The molecule has 1 fully saturated rings. The highest BCUT2D eigenvalue weighted by Gasteiger charge is 2.22. The molecule has 1 aromatic rings. The summed E-state index contributed by atoms with van der Waals surface area (Å²) >= 11 is 0. The van der Waals surface area contributed by atoms with E-state index in [4.69, 9.17) is 14.5 Å². The van der Waals surface area contributed by atoms with Crippen molar-refractivity contribution in [1.82, 2.24) is 15.5 Å². The molecule has 0 aliphatic carbocycles. The van der Waals surface area contributed by atoms with Crippen molar-refractivity contribution in [3.63, 3.8) is 0 Å². The van der Waals surface area contributed by atoms with Gasteiger partial charge in [0.25, 0.3) is 0 Å². The smallest absolute Gasteiger partial charge is 0.407 e. The van der Waals surface area contributed by atoms with E-state index in [0.29, 0.717) is 25.4 Å². The molecule has 188 valence electrons. The molecular formula is C24H41IN4O4. The summed E-state index contributed by atoms with van der Waals surface area (Å²) in [6.07, 6.45) is 3.32. The van der Waals surface area contributed by atoms with E-state index in [9.17, 15) is 9.90 Å². The number of alkyl carbamates (subject to hydrolysis) is 1. The number of aliphatic imine (C=N–C) groups is 1. The van der Waals surface area contributed by atoms with Crippen LogP contribution < -0.4 is 10.6 Å². The molecule has 0 aromatic heterocycles. The molecule has 0 radical (unpaired) electrons. The van der Waals surface area contributed by atoms with Crippen LogP contribution >= 0.6 is 24.0 Å². The molecule has 1 heterocycles. The van der Waals surface area contributed by atoms with Crippen LogP contribution in [0, 0.1) is 0 Å². The van der Waals surface area contributed by atoms with Gasteiger partial charge in [-0.15, -0.1) is 24.0 Å². The number of amides is 1. The molecule has 8 nitrogen and oxygen atoms in total. The average molecular weight is 577 g/mol. The van der Waals surface area contributed by atoms with Crippen molar-refractivity contribution in [2.45, 2.75) is 65.1 Å². The molecule has 1 amide bonds. The summed E-state index contributed by atoms with van der Waals surface area (Å²) in [6.45, 7) is 12.1. The summed E-state index contributed by atoms with van der Waals surface area (Å²) in [5.41, 5.74) is 0.603. The normalized spacial score (nSPS) is 15.0. The zero-order valence-corrected chi connectivity index (χ0v) is 22.8. The highest BCUT2D eigenvalue weighted by molar-refractivity contribution is 14.0. The first-order valence-corrected chi connectivity index (χ1v) is 11.7. The Morgan fingerprint density at radius 1 is 1.24 bits per heavy atom. The Kier molecular flexibility index (Phi) is 13.5. The van der Waals surface area contributed by atoms with Crippen LogP contribution in [0.2, 0.25) is 0 Å². The third-order valence-electron chi connectivity index (χ3n) is 4.99. The van der Waals surface area contributed by atoms with Gasteiger partial charge in [-0.25, -0.2) is 4.79 Å². The summed E-state index contributed by atoms with van der Waals surface area (Å²) in [6, 6.07) is 7.33.